The molecule has 2 amide bonds. The van der Waals surface area contributed by atoms with E-state index in [4.69, 9.17) is 17.3 Å². The molecule has 0 unspecified atom stereocenters. The molecule has 34 heavy (non-hydrogen) atoms. The van der Waals surface area contributed by atoms with Crippen LogP contribution in [0.25, 0.3) is 0 Å². The minimum Gasteiger partial charge on any atom is -0.390 e. The summed E-state index contributed by atoms with van der Waals surface area (Å²) < 4.78 is 0. The van der Waals surface area contributed by atoms with Crippen LogP contribution in [0.1, 0.15) is 58.2 Å². The van der Waals surface area contributed by atoms with Crippen LogP contribution in [0.5, 0.6) is 0 Å². The van der Waals surface area contributed by atoms with E-state index in [0.29, 0.717) is 44.8 Å². The number of aryl methyl sites for hydroxylation is 1. The number of nitrogens with two attached hydrogens (primary N) is 1. The maximum atomic E-state index is 13.1. The second-order valence-electron chi connectivity index (χ2n) is 8.91. The zero-order chi connectivity index (χ0) is 24.5. The first-order valence-electron chi connectivity index (χ1n) is 11.1. The summed E-state index contributed by atoms with van der Waals surface area (Å²) in [5.41, 5.74) is 7.59. The first kappa shape index (κ1) is 24.2. The number of aliphatic hydroxyl groups is 1. The second-order valence-corrected chi connectivity index (χ2v) is 10.3. The van der Waals surface area contributed by atoms with E-state index in [2.05, 4.69) is 10.3 Å². The van der Waals surface area contributed by atoms with Crippen molar-refractivity contribution in [3.05, 3.63) is 69.7 Å². The van der Waals surface area contributed by atoms with Crippen molar-refractivity contribution in [1.82, 2.24) is 10.3 Å². The average molecular weight is 499 g/mol. The zero-order valence-electron chi connectivity index (χ0n) is 19.0. The minimum absolute atomic E-state index is 0.0235. The van der Waals surface area contributed by atoms with Gasteiger partial charge in [0, 0.05) is 17.3 Å². The fourth-order valence-electron chi connectivity index (χ4n) is 4.16. The highest BCUT2D eigenvalue weighted by Gasteiger charge is 2.29. The second kappa shape index (κ2) is 9.74. The molecule has 9 heteroatoms. The van der Waals surface area contributed by atoms with Gasteiger partial charge in [-0.25, -0.2) is 4.98 Å². The molecule has 1 heterocycles. The van der Waals surface area contributed by atoms with Gasteiger partial charge < -0.3 is 16.2 Å². The number of hydrogen-bond acceptors (Lipinski definition) is 6. The lowest BCUT2D eigenvalue weighted by Crippen LogP contribution is -2.42. The monoisotopic (exact) mass is 498 g/mol. The maximum absolute atomic E-state index is 13.1. The van der Waals surface area contributed by atoms with Crippen LogP contribution in [-0.4, -0.2) is 33.5 Å². The number of hydrogen-bond donors (Lipinski definition) is 3. The van der Waals surface area contributed by atoms with Crippen LogP contribution in [0.2, 0.25) is 5.02 Å². The van der Waals surface area contributed by atoms with Gasteiger partial charge in [-0.2, -0.15) is 0 Å². The largest absolute Gasteiger partial charge is 0.390 e. The Morgan fingerprint density at radius 1 is 1.24 bits per heavy atom. The van der Waals surface area contributed by atoms with Crippen molar-refractivity contribution in [2.75, 3.05) is 4.90 Å². The molecule has 0 bridgehead atoms. The van der Waals surface area contributed by atoms with Gasteiger partial charge in [0.05, 0.1) is 22.5 Å². The fraction of sp³-hybridized carbons (Fsp3) is 0.320. The number of carbonyl (C=O) groups is 2. The summed E-state index contributed by atoms with van der Waals surface area (Å²) in [6.07, 6.45) is 4.22. The lowest BCUT2D eigenvalue weighted by Gasteiger charge is -2.33. The summed E-state index contributed by atoms with van der Waals surface area (Å²) in [6, 6.07) is 12.8. The van der Waals surface area contributed by atoms with Crippen molar-refractivity contribution in [1.29, 1.82) is 0 Å². The molecule has 0 saturated heterocycles. The molecule has 2 aromatic carbocycles. The molecular weight excluding hydrogens is 472 g/mol. The molecule has 1 aromatic heterocycles. The third-order valence-electron chi connectivity index (χ3n) is 6.10. The molecule has 178 valence electrons. The molecular formula is C25H27ClN4O3S. The van der Waals surface area contributed by atoms with Crippen molar-refractivity contribution in [2.45, 2.75) is 51.2 Å². The number of rotatable bonds is 6. The van der Waals surface area contributed by atoms with Crippen molar-refractivity contribution in [2.24, 2.45) is 5.73 Å². The summed E-state index contributed by atoms with van der Waals surface area (Å²) in [4.78, 5) is 31.3. The smallest absolute Gasteiger partial charge is 0.260 e. The van der Waals surface area contributed by atoms with Gasteiger partial charge in [-0.1, -0.05) is 41.1 Å². The normalized spacial score (nSPS) is 20.1. The fourth-order valence-corrected chi connectivity index (χ4v) is 5.27. The van der Waals surface area contributed by atoms with Crippen molar-refractivity contribution < 1.29 is 14.7 Å². The molecule has 1 fully saturated rings. The van der Waals surface area contributed by atoms with E-state index in [9.17, 15) is 14.7 Å². The van der Waals surface area contributed by atoms with E-state index >= 15 is 0 Å². The number of aromatic nitrogens is 1. The molecule has 1 aliphatic carbocycles. The molecule has 7 nitrogen and oxygen atoms in total. The molecule has 4 rings (SSSR count). The molecule has 0 radical (unpaired) electrons. The molecule has 1 aliphatic rings. The van der Waals surface area contributed by atoms with Gasteiger partial charge in [0.15, 0.2) is 5.13 Å². The molecule has 0 spiro atoms. The van der Waals surface area contributed by atoms with E-state index in [1.807, 2.05) is 36.9 Å². The summed E-state index contributed by atoms with van der Waals surface area (Å²) in [5.74, 6) is -0.736. The van der Waals surface area contributed by atoms with Crippen LogP contribution in [0.4, 0.5) is 16.5 Å². The Hall–Kier alpha value is -2.94. The topological polar surface area (TPSA) is 109 Å². The number of para-hydroxylation sites is 1. The van der Waals surface area contributed by atoms with Crippen molar-refractivity contribution in [3.8, 4) is 0 Å². The lowest BCUT2D eigenvalue weighted by molar-refractivity contribution is 0.0140. The molecule has 0 aliphatic heterocycles. The van der Waals surface area contributed by atoms with E-state index < -0.39 is 11.5 Å². The third kappa shape index (κ3) is 5.24. The quantitative estimate of drug-likeness (QED) is 0.438. The standard InChI is InChI=1S/C25H27ClN4O3S/c1-15-5-3-8-19(26)21(15)30(24-28-14-20(34-24)22(27)31)18-7-4-6-16(13-18)23(32)29-17-9-11-25(2,33)12-10-17/h3-8,13-14,17,33H,9-12H2,1-2H3,(H2,27,31)(H,29,32). The number of benzene rings is 2. The molecule has 1 saturated carbocycles. The first-order valence-corrected chi connectivity index (χ1v) is 12.3. The van der Waals surface area contributed by atoms with Gasteiger partial charge in [0.25, 0.3) is 11.8 Å². The molecule has 4 N–H and O–H groups in total. The number of nitrogens with zero attached hydrogens (tertiary/aromatic N) is 2. The van der Waals surface area contributed by atoms with Gasteiger partial charge in [0.1, 0.15) is 4.88 Å². The van der Waals surface area contributed by atoms with E-state index in [1.54, 1.807) is 24.3 Å². The van der Waals surface area contributed by atoms with E-state index in [0.717, 1.165) is 29.7 Å². The zero-order valence-corrected chi connectivity index (χ0v) is 20.6. The minimum atomic E-state index is -0.661. The average Bonchev–Trinajstić information content (AvgIpc) is 3.28. The number of nitrogens with one attached hydrogen (secondary N) is 1. The SMILES string of the molecule is Cc1cccc(Cl)c1N(c1cccc(C(=O)NC2CCC(C)(O)CC2)c1)c1ncc(C(N)=O)s1. The molecule has 3 aromatic rings. The first-order chi connectivity index (χ1) is 16.1. The van der Waals surface area contributed by atoms with E-state index in [1.165, 1.54) is 6.20 Å². The Bertz CT molecular complexity index is 1200. The number of halogens is 1. The van der Waals surface area contributed by atoms with Crippen molar-refractivity contribution in [3.63, 3.8) is 0 Å². The van der Waals surface area contributed by atoms with Gasteiger partial charge in [-0.15, -0.1) is 0 Å². The Kier molecular flexibility index (Phi) is 6.93. The van der Waals surface area contributed by atoms with Gasteiger partial charge in [-0.05, 0) is 69.4 Å². The Labute approximate surface area is 207 Å². The van der Waals surface area contributed by atoms with Crippen LogP contribution < -0.4 is 16.0 Å². The van der Waals surface area contributed by atoms with Crippen LogP contribution in [0, 0.1) is 6.92 Å². The Morgan fingerprint density at radius 3 is 2.59 bits per heavy atom. The highest BCUT2D eigenvalue weighted by Crippen LogP contribution is 2.42. The highest BCUT2D eigenvalue weighted by molar-refractivity contribution is 7.17. The van der Waals surface area contributed by atoms with E-state index in [-0.39, 0.29) is 11.9 Å². The Balaban J connectivity index is 1.68. The van der Waals surface area contributed by atoms with Crippen LogP contribution in [0.3, 0.4) is 0 Å². The van der Waals surface area contributed by atoms with Gasteiger partial charge in [0.2, 0.25) is 0 Å². The number of primary amides is 1. The summed E-state index contributed by atoms with van der Waals surface area (Å²) in [7, 11) is 0. The molecule has 0 atom stereocenters. The highest BCUT2D eigenvalue weighted by atomic mass is 35.5. The summed E-state index contributed by atoms with van der Waals surface area (Å²) in [6.45, 7) is 3.77. The number of thiazole rings is 1. The number of carbonyl (C=O) groups excluding carboxylic acids is 2. The van der Waals surface area contributed by atoms with Crippen LogP contribution in [-0.2, 0) is 0 Å². The van der Waals surface area contributed by atoms with Crippen LogP contribution in [0.15, 0.2) is 48.7 Å². The third-order valence-corrected chi connectivity index (χ3v) is 7.41. The van der Waals surface area contributed by atoms with Gasteiger partial charge >= 0.3 is 0 Å². The van der Waals surface area contributed by atoms with Gasteiger partial charge in [-0.3, -0.25) is 14.5 Å². The van der Waals surface area contributed by atoms with Crippen molar-refractivity contribution >= 4 is 51.3 Å². The maximum Gasteiger partial charge on any atom is 0.260 e. The lowest BCUT2D eigenvalue weighted by atomic mass is 9.83. The summed E-state index contributed by atoms with van der Waals surface area (Å²) in [5, 5.41) is 14.3. The van der Waals surface area contributed by atoms with Crippen LogP contribution >= 0.6 is 22.9 Å². The predicted molar refractivity (Wildman–Crippen MR) is 135 cm³/mol. The summed E-state index contributed by atoms with van der Waals surface area (Å²) >= 11 is 7.75. The number of anilines is 3. The predicted octanol–water partition coefficient (Wildman–Crippen LogP) is 5.10. The Morgan fingerprint density at radius 2 is 1.94 bits per heavy atom. The number of amides is 2.